The van der Waals surface area contributed by atoms with Gasteiger partial charge < -0.3 is 4.90 Å². The molecule has 0 spiro atoms. The number of amides is 1. The maximum Gasteiger partial charge on any atom is 0.253 e. The molecule has 1 amide bonds. The average Bonchev–Trinajstić information content (AvgIpc) is 2.60. The summed E-state index contributed by atoms with van der Waals surface area (Å²) in [6.45, 7) is 0.535. The van der Waals surface area contributed by atoms with Crippen LogP contribution < -0.4 is 0 Å². The van der Waals surface area contributed by atoms with E-state index in [-0.39, 0.29) is 10.8 Å². The van der Waals surface area contributed by atoms with Crippen molar-refractivity contribution < 1.29 is 13.2 Å². The Morgan fingerprint density at radius 1 is 1.04 bits per heavy atom. The minimum Gasteiger partial charge on any atom is -0.341 e. The number of hydrogen-bond donors (Lipinski definition) is 0. The van der Waals surface area contributed by atoms with Gasteiger partial charge in [0.15, 0.2) is 0 Å². The Hall–Kier alpha value is -2.25. The number of carbonyl (C=O) groups is 1. The molecule has 0 atom stereocenters. The standard InChI is InChI=1S/C17H21N3O3S/c1-19(2)24(22,23)16-9-7-14(8-10-16)17(21)20(3)13-11-15-6-4-5-12-18-15/h4-10,12H,11,13H2,1-3H3. The van der Waals surface area contributed by atoms with Gasteiger partial charge in [-0.25, -0.2) is 12.7 Å². The van der Waals surface area contributed by atoms with Gasteiger partial charge in [-0.3, -0.25) is 9.78 Å². The predicted molar refractivity (Wildman–Crippen MR) is 92.2 cm³/mol. The molecule has 7 heteroatoms. The summed E-state index contributed by atoms with van der Waals surface area (Å²) in [5.41, 5.74) is 1.38. The molecule has 0 fully saturated rings. The third-order valence-corrected chi connectivity index (χ3v) is 5.49. The summed E-state index contributed by atoms with van der Waals surface area (Å²) in [5, 5.41) is 0. The van der Waals surface area contributed by atoms with Gasteiger partial charge in [0.25, 0.3) is 5.91 Å². The smallest absolute Gasteiger partial charge is 0.253 e. The molecule has 1 heterocycles. The van der Waals surface area contributed by atoms with Gasteiger partial charge in [0.2, 0.25) is 10.0 Å². The Balaban J connectivity index is 2.04. The third-order valence-electron chi connectivity index (χ3n) is 3.66. The maximum absolute atomic E-state index is 12.4. The Labute approximate surface area is 142 Å². The predicted octanol–water partition coefficient (Wildman–Crippen LogP) is 1.65. The molecule has 1 aromatic heterocycles. The van der Waals surface area contributed by atoms with Crippen LogP contribution >= 0.6 is 0 Å². The van der Waals surface area contributed by atoms with Crippen molar-refractivity contribution >= 4 is 15.9 Å². The van der Waals surface area contributed by atoms with E-state index in [2.05, 4.69) is 4.98 Å². The van der Waals surface area contributed by atoms with E-state index in [1.54, 1.807) is 18.1 Å². The summed E-state index contributed by atoms with van der Waals surface area (Å²) in [6, 6.07) is 11.7. The molecule has 2 aromatic rings. The highest BCUT2D eigenvalue weighted by molar-refractivity contribution is 7.89. The highest BCUT2D eigenvalue weighted by Crippen LogP contribution is 2.15. The zero-order valence-electron chi connectivity index (χ0n) is 14.0. The van der Waals surface area contributed by atoms with E-state index in [9.17, 15) is 13.2 Å². The summed E-state index contributed by atoms with van der Waals surface area (Å²) in [7, 11) is 1.18. The molecule has 0 N–H and O–H groups in total. The van der Waals surface area contributed by atoms with Crippen molar-refractivity contribution in [2.24, 2.45) is 0 Å². The number of hydrogen-bond acceptors (Lipinski definition) is 4. The quantitative estimate of drug-likeness (QED) is 0.797. The van der Waals surface area contributed by atoms with Crippen LogP contribution in [0.1, 0.15) is 16.1 Å². The van der Waals surface area contributed by atoms with Crippen molar-refractivity contribution in [2.45, 2.75) is 11.3 Å². The first-order chi connectivity index (χ1) is 11.3. The van der Waals surface area contributed by atoms with Crippen LogP contribution in [0.2, 0.25) is 0 Å². The molecule has 2 rings (SSSR count). The van der Waals surface area contributed by atoms with Gasteiger partial charge in [-0.1, -0.05) is 6.07 Å². The number of aromatic nitrogens is 1. The monoisotopic (exact) mass is 347 g/mol. The van der Waals surface area contributed by atoms with E-state index in [1.165, 1.54) is 38.4 Å². The number of nitrogens with zero attached hydrogens (tertiary/aromatic N) is 3. The Kier molecular flexibility index (Phi) is 5.69. The largest absolute Gasteiger partial charge is 0.341 e. The van der Waals surface area contributed by atoms with Crippen LogP contribution in [0.25, 0.3) is 0 Å². The van der Waals surface area contributed by atoms with Gasteiger partial charge in [0.1, 0.15) is 0 Å². The second-order valence-electron chi connectivity index (χ2n) is 5.61. The molecule has 24 heavy (non-hydrogen) atoms. The summed E-state index contributed by atoms with van der Waals surface area (Å²) in [4.78, 5) is 18.4. The fourth-order valence-electron chi connectivity index (χ4n) is 2.13. The molecule has 0 saturated heterocycles. The normalized spacial score (nSPS) is 11.5. The van der Waals surface area contributed by atoms with Crippen LogP contribution in [-0.4, -0.2) is 56.2 Å². The maximum atomic E-state index is 12.4. The number of pyridine rings is 1. The minimum absolute atomic E-state index is 0.153. The molecule has 6 nitrogen and oxygen atoms in total. The van der Waals surface area contributed by atoms with Crippen molar-refractivity contribution in [3.8, 4) is 0 Å². The van der Waals surface area contributed by atoms with Gasteiger partial charge in [0, 0.05) is 51.6 Å². The molecule has 0 radical (unpaired) electrons. The SMILES string of the molecule is CN(CCc1ccccn1)C(=O)c1ccc(S(=O)(=O)N(C)C)cc1. The number of carbonyl (C=O) groups excluding carboxylic acids is 1. The number of sulfonamides is 1. The molecule has 0 aliphatic carbocycles. The van der Waals surface area contributed by atoms with E-state index in [4.69, 9.17) is 0 Å². The van der Waals surface area contributed by atoms with Crippen LogP contribution in [0.15, 0.2) is 53.6 Å². The lowest BCUT2D eigenvalue weighted by Crippen LogP contribution is -2.29. The molecular weight excluding hydrogens is 326 g/mol. The number of likely N-dealkylation sites (N-methyl/N-ethyl adjacent to an activating group) is 1. The van der Waals surface area contributed by atoms with Crippen LogP contribution in [0.3, 0.4) is 0 Å². The zero-order valence-corrected chi connectivity index (χ0v) is 14.8. The molecular formula is C17H21N3O3S. The lowest BCUT2D eigenvalue weighted by atomic mass is 10.2. The van der Waals surface area contributed by atoms with Crippen LogP contribution in [-0.2, 0) is 16.4 Å². The molecule has 0 aliphatic rings. The first kappa shape index (κ1) is 18.1. The lowest BCUT2D eigenvalue weighted by Gasteiger charge is -2.17. The van der Waals surface area contributed by atoms with Crippen molar-refractivity contribution in [1.29, 1.82) is 0 Å². The van der Waals surface area contributed by atoms with Crippen molar-refractivity contribution in [2.75, 3.05) is 27.7 Å². The fourth-order valence-corrected chi connectivity index (χ4v) is 3.03. The van der Waals surface area contributed by atoms with Crippen molar-refractivity contribution in [3.05, 3.63) is 59.9 Å². The second-order valence-corrected chi connectivity index (χ2v) is 7.76. The molecule has 0 unspecified atom stereocenters. The van der Waals surface area contributed by atoms with E-state index in [1.807, 2.05) is 18.2 Å². The topological polar surface area (TPSA) is 70.6 Å². The van der Waals surface area contributed by atoms with Gasteiger partial charge in [-0.15, -0.1) is 0 Å². The summed E-state index contributed by atoms with van der Waals surface area (Å²) in [6.07, 6.45) is 2.39. The van der Waals surface area contributed by atoms with Gasteiger partial charge in [0.05, 0.1) is 4.90 Å². The summed E-state index contributed by atoms with van der Waals surface area (Å²) < 4.78 is 25.2. The summed E-state index contributed by atoms with van der Waals surface area (Å²) >= 11 is 0. The fraction of sp³-hybridized carbons (Fsp3) is 0.294. The highest BCUT2D eigenvalue weighted by atomic mass is 32.2. The average molecular weight is 347 g/mol. The molecule has 0 saturated carbocycles. The molecule has 1 aromatic carbocycles. The Morgan fingerprint density at radius 3 is 2.25 bits per heavy atom. The first-order valence-corrected chi connectivity index (χ1v) is 8.94. The number of benzene rings is 1. The van der Waals surface area contributed by atoms with Crippen LogP contribution in [0.5, 0.6) is 0 Å². The van der Waals surface area contributed by atoms with Gasteiger partial charge in [-0.05, 0) is 36.4 Å². The molecule has 128 valence electrons. The Bertz CT molecular complexity index is 788. The van der Waals surface area contributed by atoms with E-state index < -0.39 is 10.0 Å². The molecule has 0 aliphatic heterocycles. The van der Waals surface area contributed by atoms with Crippen LogP contribution in [0.4, 0.5) is 0 Å². The highest BCUT2D eigenvalue weighted by Gasteiger charge is 2.18. The number of rotatable bonds is 6. The van der Waals surface area contributed by atoms with E-state index >= 15 is 0 Å². The van der Waals surface area contributed by atoms with E-state index in [0.29, 0.717) is 18.5 Å². The minimum atomic E-state index is -3.49. The van der Waals surface area contributed by atoms with Crippen molar-refractivity contribution in [1.82, 2.24) is 14.2 Å². The van der Waals surface area contributed by atoms with E-state index in [0.717, 1.165) is 10.00 Å². The Morgan fingerprint density at radius 2 is 1.71 bits per heavy atom. The van der Waals surface area contributed by atoms with Gasteiger partial charge in [-0.2, -0.15) is 0 Å². The first-order valence-electron chi connectivity index (χ1n) is 7.50. The van der Waals surface area contributed by atoms with Gasteiger partial charge >= 0.3 is 0 Å². The van der Waals surface area contributed by atoms with Crippen molar-refractivity contribution in [3.63, 3.8) is 0 Å². The lowest BCUT2D eigenvalue weighted by molar-refractivity contribution is 0.0796. The third kappa shape index (κ3) is 4.18. The zero-order chi connectivity index (χ0) is 17.7. The van der Waals surface area contributed by atoms with Crippen LogP contribution in [0, 0.1) is 0 Å². The molecule has 0 bridgehead atoms. The summed E-state index contributed by atoms with van der Waals surface area (Å²) in [5.74, 6) is -0.153. The second kappa shape index (κ2) is 7.55.